The molecule has 8 heteroatoms. The lowest BCUT2D eigenvalue weighted by molar-refractivity contribution is 0.203. The molecule has 6 N–H and O–H groups in total. The number of aliphatic hydroxyl groups is 1. The maximum atomic E-state index is 8.88. The molecule has 0 bridgehead atoms. The summed E-state index contributed by atoms with van der Waals surface area (Å²) in [6.07, 6.45) is -0.667. The molecular weight excluding hydrogens is 184 g/mol. The van der Waals surface area contributed by atoms with Crippen LogP contribution in [0.1, 0.15) is 6.92 Å². The highest BCUT2D eigenvalue weighted by atomic mass is 35.5. The fourth-order valence-corrected chi connectivity index (χ4v) is 0. The van der Waals surface area contributed by atoms with Crippen molar-refractivity contribution < 1.29 is 24.4 Å². The van der Waals surface area contributed by atoms with Gasteiger partial charge in [0.25, 0.3) is 0 Å². The van der Waals surface area contributed by atoms with Crippen LogP contribution < -0.4 is 5.73 Å². The summed E-state index contributed by atoms with van der Waals surface area (Å²) < 4.78 is 8.88. The molecule has 0 radical (unpaired) electrons. The largest absolute Gasteiger partial charge is 0.466 e. The SMILES string of the molecule is CC(N)O.Cl.O=P(O)(O)O. The summed E-state index contributed by atoms with van der Waals surface area (Å²) in [5.41, 5.74) is 4.67. The van der Waals surface area contributed by atoms with Crippen LogP contribution in [0.2, 0.25) is 0 Å². The summed E-state index contributed by atoms with van der Waals surface area (Å²) in [5.74, 6) is 0. The van der Waals surface area contributed by atoms with Gasteiger partial charge in [0.05, 0.1) is 6.23 Å². The minimum absolute atomic E-state index is 0. The molecule has 0 aliphatic heterocycles. The van der Waals surface area contributed by atoms with Gasteiger partial charge in [-0.15, -0.1) is 12.4 Å². The van der Waals surface area contributed by atoms with Crippen molar-refractivity contribution in [3.05, 3.63) is 0 Å². The average Bonchev–Trinajstić information content (AvgIpc) is 1.19. The monoisotopic (exact) mass is 195 g/mol. The first kappa shape index (κ1) is 16.7. The third-order valence-corrected chi connectivity index (χ3v) is 0. The van der Waals surface area contributed by atoms with E-state index in [-0.39, 0.29) is 12.4 Å². The molecule has 0 saturated carbocycles. The molecule has 0 saturated heterocycles. The molecule has 6 nitrogen and oxygen atoms in total. The van der Waals surface area contributed by atoms with Crippen LogP contribution in [0, 0.1) is 0 Å². The molecule has 0 amide bonds. The van der Waals surface area contributed by atoms with Gasteiger partial charge in [-0.05, 0) is 6.92 Å². The molecule has 0 aromatic rings. The topological polar surface area (TPSA) is 124 Å². The van der Waals surface area contributed by atoms with Crippen molar-refractivity contribution in [2.24, 2.45) is 5.73 Å². The van der Waals surface area contributed by atoms with Crippen LogP contribution in [0.15, 0.2) is 0 Å². The molecule has 1 atom stereocenters. The Morgan fingerprint density at radius 3 is 1.40 bits per heavy atom. The first-order valence-electron chi connectivity index (χ1n) is 1.95. The Labute approximate surface area is 64.3 Å². The summed E-state index contributed by atoms with van der Waals surface area (Å²) in [7, 11) is -4.64. The van der Waals surface area contributed by atoms with Crippen molar-refractivity contribution in [3.8, 4) is 0 Å². The lowest BCUT2D eigenvalue weighted by Crippen LogP contribution is -2.11. The van der Waals surface area contributed by atoms with E-state index in [1.807, 2.05) is 0 Å². The summed E-state index contributed by atoms with van der Waals surface area (Å²) in [6.45, 7) is 1.50. The van der Waals surface area contributed by atoms with Crippen LogP contribution in [-0.4, -0.2) is 26.0 Å². The van der Waals surface area contributed by atoms with Gasteiger partial charge in [0.1, 0.15) is 0 Å². The second-order valence-corrected chi connectivity index (χ2v) is 2.28. The van der Waals surface area contributed by atoms with Crippen molar-refractivity contribution in [2.45, 2.75) is 13.2 Å². The molecule has 10 heavy (non-hydrogen) atoms. The van der Waals surface area contributed by atoms with E-state index in [0.717, 1.165) is 0 Å². The van der Waals surface area contributed by atoms with Crippen LogP contribution in [0.5, 0.6) is 0 Å². The quantitative estimate of drug-likeness (QED) is 0.244. The van der Waals surface area contributed by atoms with Gasteiger partial charge in [0.2, 0.25) is 0 Å². The van der Waals surface area contributed by atoms with Crippen molar-refractivity contribution in [2.75, 3.05) is 0 Å². The third-order valence-electron chi connectivity index (χ3n) is 0. The lowest BCUT2D eigenvalue weighted by atomic mass is 10.7. The zero-order valence-corrected chi connectivity index (χ0v) is 6.92. The number of halogens is 1. The van der Waals surface area contributed by atoms with E-state index in [0.29, 0.717) is 0 Å². The minimum Gasteiger partial charge on any atom is -0.379 e. The number of aliphatic hydroxyl groups excluding tert-OH is 1. The van der Waals surface area contributed by atoms with E-state index in [9.17, 15) is 0 Å². The van der Waals surface area contributed by atoms with E-state index in [4.69, 9.17) is 24.4 Å². The van der Waals surface area contributed by atoms with E-state index >= 15 is 0 Å². The van der Waals surface area contributed by atoms with Crippen molar-refractivity contribution in [1.29, 1.82) is 0 Å². The zero-order valence-electron chi connectivity index (χ0n) is 5.21. The fraction of sp³-hybridized carbons (Fsp3) is 1.00. The second kappa shape index (κ2) is 7.43. The Morgan fingerprint density at radius 2 is 1.40 bits per heavy atom. The van der Waals surface area contributed by atoms with E-state index in [1.54, 1.807) is 0 Å². The first-order valence-corrected chi connectivity index (χ1v) is 3.52. The highest BCUT2D eigenvalue weighted by Gasteiger charge is 2.00. The highest BCUT2D eigenvalue weighted by Crippen LogP contribution is 2.25. The number of hydrogen-bond donors (Lipinski definition) is 5. The van der Waals surface area contributed by atoms with Gasteiger partial charge < -0.3 is 25.5 Å². The van der Waals surface area contributed by atoms with E-state index in [1.165, 1.54) is 6.92 Å². The van der Waals surface area contributed by atoms with Crippen molar-refractivity contribution in [1.82, 2.24) is 0 Å². The molecule has 1 unspecified atom stereocenters. The summed E-state index contributed by atoms with van der Waals surface area (Å²) >= 11 is 0. The Hall–Kier alpha value is 0.320. The first-order chi connectivity index (χ1) is 3.73. The average molecular weight is 196 g/mol. The molecule has 0 aromatic heterocycles. The summed E-state index contributed by atoms with van der Waals surface area (Å²) in [5, 5.41) is 7.83. The molecule has 0 aliphatic rings. The van der Waals surface area contributed by atoms with Gasteiger partial charge >= 0.3 is 7.82 Å². The normalized spacial score (nSPS) is 12.2. The molecule has 0 spiro atoms. The van der Waals surface area contributed by atoms with Crippen LogP contribution in [0.25, 0.3) is 0 Å². The predicted molar refractivity (Wildman–Crippen MR) is 37.4 cm³/mol. The number of rotatable bonds is 0. The minimum atomic E-state index is -4.64. The maximum absolute atomic E-state index is 8.88. The van der Waals surface area contributed by atoms with Gasteiger partial charge in [-0.25, -0.2) is 4.57 Å². The molecule has 0 rings (SSSR count). The third kappa shape index (κ3) is 4350. The molecule has 0 aliphatic carbocycles. The van der Waals surface area contributed by atoms with Crippen LogP contribution in [0.4, 0.5) is 0 Å². The Kier molecular flexibility index (Phi) is 12.4. The van der Waals surface area contributed by atoms with Gasteiger partial charge in [0, 0.05) is 0 Å². The molecule has 0 fully saturated rings. The molecule has 0 aromatic carbocycles. The lowest BCUT2D eigenvalue weighted by Gasteiger charge is -1.82. The smallest absolute Gasteiger partial charge is 0.379 e. The standard InChI is InChI=1S/C2H7NO.ClH.H3O4P/c1-2(3)4;;1-5(2,3)4/h2,4H,3H2,1H3;1H;(H3,1,2,3,4). The Balaban J connectivity index is -0.0000000910. The van der Waals surface area contributed by atoms with Gasteiger partial charge in [-0.2, -0.15) is 0 Å². The molecule has 0 heterocycles. The predicted octanol–water partition coefficient (Wildman–Crippen LogP) is -1.22. The van der Waals surface area contributed by atoms with Gasteiger partial charge in [-0.1, -0.05) is 0 Å². The zero-order chi connectivity index (χ0) is 8.08. The summed E-state index contributed by atoms with van der Waals surface area (Å²) in [4.78, 5) is 21.6. The molecule has 66 valence electrons. The van der Waals surface area contributed by atoms with Crippen LogP contribution >= 0.6 is 20.2 Å². The fourth-order valence-electron chi connectivity index (χ4n) is 0. The number of hydrogen-bond acceptors (Lipinski definition) is 3. The van der Waals surface area contributed by atoms with Crippen LogP contribution in [0.3, 0.4) is 0 Å². The number of nitrogens with two attached hydrogens (primary N) is 1. The summed E-state index contributed by atoms with van der Waals surface area (Å²) in [6, 6.07) is 0. The van der Waals surface area contributed by atoms with Crippen molar-refractivity contribution in [3.63, 3.8) is 0 Å². The maximum Gasteiger partial charge on any atom is 0.466 e. The van der Waals surface area contributed by atoms with Gasteiger partial charge in [-0.3, -0.25) is 0 Å². The molecular formula is C2H11ClNO5P. The highest BCUT2D eigenvalue weighted by molar-refractivity contribution is 7.45. The van der Waals surface area contributed by atoms with Crippen molar-refractivity contribution >= 4 is 20.2 Å². The Bertz CT molecular complexity index is 90.8. The van der Waals surface area contributed by atoms with Crippen LogP contribution in [-0.2, 0) is 4.57 Å². The Morgan fingerprint density at radius 1 is 1.40 bits per heavy atom. The number of phosphoric acid groups is 1. The van der Waals surface area contributed by atoms with E-state index < -0.39 is 14.1 Å². The second-order valence-electron chi connectivity index (χ2n) is 1.25. The van der Waals surface area contributed by atoms with Gasteiger partial charge in [0.15, 0.2) is 0 Å². The van der Waals surface area contributed by atoms with E-state index in [2.05, 4.69) is 5.73 Å².